The molecule has 2 amide bonds. The molecule has 0 spiro atoms. The van der Waals surface area contributed by atoms with Crippen LogP contribution >= 0.6 is 63.7 Å². The van der Waals surface area contributed by atoms with Gasteiger partial charge in [-0.3, -0.25) is 9.59 Å². The van der Waals surface area contributed by atoms with Crippen LogP contribution in [0.25, 0.3) is 10.9 Å². The molecule has 0 aromatic heterocycles. The van der Waals surface area contributed by atoms with E-state index in [-0.39, 0.29) is 28.9 Å². The van der Waals surface area contributed by atoms with Gasteiger partial charge < -0.3 is 31.3 Å². The van der Waals surface area contributed by atoms with Crippen LogP contribution in [-0.4, -0.2) is 44.0 Å². The van der Waals surface area contributed by atoms with Crippen molar-refractivity contribution in [2.24, 2.45) is 10.2 Å². The molecule has 0 saturated carbocycles. The summed E-state index contributed by atoms with van der Waals surface area (Å²) in [6, 6.07) is 24.9. The first kappa shape index (κ1) is 34.4. The number of carbonyl (C=O) groups excluding carboxylic acids is 2. The maximum absolute atomic E-state index is 9.75. The molecule has 210 valence electrons. The summed E-state index contributed by atoms with van der Waals surface area (Å²) in [5.74, 6) is 0.294. The minimum absolute atomic E-state index is 0. The van der Waals surface area contributed by atoms with Gasteiger partial charge in [-0.15, -0.1) is 0 Å². The third-order valence-electron chi connectivity index (χ3n) is 4.93. The van der Waals surface area contributed by atoms with E-state index in [1.165, 1.54) is 12.4 Å². The molecular weight excluding hydrogens is 832 g/mol. The number of hydrogen-bond donors (Lipinski definition) is 0. The van der Waals surface area contributed by atoms with E-state index in [1.54, 1.807) is 72.8 Å². The molecule has 8 nitrogen and oxygen atoms in total. The van der Waals surface area contributed by atoms with E-state index in [1.807, 2.05) is 12.1 Å². The zero-order valence-electron chi connectivity index (χ0n) is 20.8. The fourth-order valence-corrected chi connectivity index (χ4v) is 5.49. The maximum atomic E-state index is 9.75. The van der Waals surface area contributed by atoms with Crippen molar-refractivity contribution in [2.75, 3.05) is 0 Å². The molecule has 0 radical (unpaired) electrons. The zero-order chi connectivity index (χ0) is 29.1. The number of hydrogen-bond acceptors (Lipinski definition) is 2. The third-order valence-corrected chi connectivity index (χ3v) is 7.10. The number of amides is 2. The van der Waals surface area contributed by atoms with Crippen molar-refractivity contribution in [1.29, 1.82) is 0 Å². The Bertz CT molecular complexity index is 1440. The van der Waals surface area contributed by atoms with Crippen LogP contribution < -0.4 is 0 Å². The Morgan fingerprint density at radius 1 is 0.610 bits per heavy atom. The summed E-state index contributed by atoms with van der Waals surface area (Å²) in [4.78, 5) is 19.5. The van der Waals surface area contributed by atoms with Crippen molar-refractivity contribution in [3.05, 3.63) is 136 Å². The molecule has 0 atom stereocenters. The quantitative estimate of drug-likeness (QED) is 0.0808. The predicted molar refractivity (Wildman–Crippen MR) is 177 cm³/mol. The van der Waals surface area contributed by atoms with E-state index in [9.17, 15) is 9.59 Å². The van der Waals surface area contributed by atoms with Gasteiger partial charge in [0, 0.05) is 21.4 Å². The molecule has 6 N–H and O–H groups in total. The van der Waals surface area contributed by atoms with Crippen LogP contribution in [0, 0.1) is 0 Å². The molecule has 4 aromatic carbocycles. The van der Waals surface area contributed by atoms with Crippen LogP contribution in [0.15, 0.2) is 113 Å². The Hall–Kier alpha value is -2.80. The number of benzene rings is 4. The van der Waals surface area contributed by atoms with Gasteiger partial charge >= 0.3 is 17.1 Å². The molecular formula is C28H22Br4FeN4O4+4. The van der Waals surface area contributed by atoms with Crippen LogP contribution in [-0.2, 0) is 17.1 Å². The average molecular weight is 854 g/mol. The Morgan fingerprint density at radius 2 is 0.951 bits per heavy atom. The SMILES string of the molecule is [Fe+2].[OH+]=C([N-]N=Cc1cc(Br)cc(Br)c1[OH2+])c1ccccc1.[OH+]=C([N-]N=Cc1cc(Br)cc(Br)c1[OH2+])c1ccccc1. The van der Waals surface area contributed by atoms with E-state index >= 15 is 0 Å². The van der Waals surface area contributed by atoms with E-state index in [0.29, 0.717) is 42.7 Å². The van der Waals surface area contributed by atoms with E-state index in [0.717, 1.165) is 8.95 Å². The molecule has 0 bridgehead atoms. The predicted octanol–water partition coefficient (Wildman–Crippen LogP) is 7.81. The Morgan fingerprint density at radius 3 is 1.29 bits per heavy atom. The van der Waals surface area contributed by atoms with Crippen molar-refractivity contribution in [3.63, 3.8) is 0 Å². The minimum atomic E-state index is -0.164. The molecule has 4 aromatic rings. The minimum Gasteiger partial charge on any atom is -0.592 e. The fourth-order valence-electron chi connectivity index (χ4n) is 2.97. The van der Waals surface area contributed by atoms with Gasteiger partial charge in [-0.1, -0.05) is 68.3 Å². The maximum Gasteiger partial charge on any atom is 2.00 e. The molecule has 0 saturated heterocycles. The molecule has 4 rings (SSSR count). The molecule has 13 heteroatoms. The second-order valence-electron chi connectivity index (χ2n) is 7.77. The summed E-state index contributed by atoms with van der Waals surface area (Å²) in [5.41, 5.74) is 9.80. The van der Waals surface area contributed by atoms with Crippen molar-refractivity contribution < 1.29 is 36.9 Å². The topological polar surface area (TPSA) is 142 Å². The van der Waals surface area contributed by atoms with Gasteiger partial charge in [0.15, 0.2) is 0 Å². The molecule has 0 unspecified atom stereocenters. The first-order valence-electron chi connectivity index (χ1n) is 11.3. The van der Waals surface area contributed by atoms with Crippen molar-refractivity contribution in [3.8, 4) is 11.5 Å². The molecule has 0 aliphatic rings. The van der Waals surface area contributed by atoms with Gasteiger partial charge in [-0.2, -0.15) is 0 Å². The summed E-state index contributed by atoms with van der Waals surface area (Å²) in [7, 11) is 0. The first-order valence-corrected chi connectivity index (χ1v) is 14.4. The normalized spacial score (nSPS) is 10.4. The largest absolute Gasteiger partial charge is 2.00 e. The smallest absolute Gasteiger partial charge is 0.592 e. The third kappa shape index (κ3) is 10.8. The summed E-state index contributed by atoms with van der Waals surface area (Å²) in [5, 5.41) is 23.4. The number of rotatable bonds is 6. The summed E-state index contributed by atoms with van der Waals surface area (Å²) in [6.45, 7) is 0. The van der Waals surface area contributed by atoms with Gasteiger partial charge in [-0.25, -0.2) is 0 Å². The van der Waals surface area contributed by atoms with Crippen LogP contribution in [0.2, 0.25) is 0 Å². The van der Waals surface area contributed by atoms with Crippen molar-refractivity contribution in [2.45, 2.75) is 0 Å². The summed E-state index contributed by atoms with van der Waals surface area (Å²) >= 11 is 13.3. The van der Waals surface area contributed by atoms with Crippen LogP contribution in [0.1, 0.15) is 22.3 Å². The van der Waals surface area contributed by atoms with Crippen LogP contribution in [0.5, 0.6) is 11.5 Å². The summed E-state index contributed by atoms with van der Waals surface area (Å²) < 4.78 is 2.98. The molecule has 0 fully saturated rings. The van der Waals surface area contributed by atoms with Crippen LogP contribution in [0.4, 0.5) is 0 Å². The average Bonchev–Trinajstić information content (AvgIpc) is 2.95. The second kappa shape index (κ2) is 17.2. The van der Waals surface area contributed by atoms with Crippen molar-refractivity contribution in [1.82, 2.24) is 0 Å². The first-order chi connectivity index (χ1) is 19.2. The number of halogens is 4. The van der Waals surface area contributed by atoms with E-state index < -0.39 is 0 Å². The van der Waals surface area contributed by atoms with Gasteiger partial charge in [-0.05, 0) is 80.4 Å². The molecule has 0 aliphatic carbocycles. The fraction of sp³-hybridized carbons (Fsp3) is 0. The van der Waals surface area contributed by atoms with Gasteiger partial charge in [0.25, 0.3) is 23.3 Å². The monoisotopic (exact) mass is 850 g/mol. The van der Waals surface area contributed by atoms with E-state index in [4.69, 9.17) is 10.2 Å². The second-order valence-corrected chi connectivity index (χ2v) is 11.3. The Labute approximate surface area is 280 Å². The number of nitrogens with zero attached hydrogens (tertiary/aromatic N) is 4. The molecule has 0 heterocycles. The van der Waals surface area contributed by atoms with Gasteiger partial charge in [0.05, 0.1) is 22.3 Å². The van der Waals surface area contributed by atoms with Crippen LogP contribution in [0.3, 0.4) is 0 Å². The zero-order valence-corrected chi connectivity index (χ0v) is 28.2. The van der Waals surface area contributed by atoms with Gasteiger partial charge in [0.2, 0.25) is 0 Å². The van der Waals surface area contributed by atoms with E-state index in [2.05, 4.69) is 84.8 Å². The Kier molecular flexibility index (Phi) is 14.5. The molecule has 0 aliphatic heterocycles. The standard InChI is InChI=1S/2C14H10Br2N2O2.Fe/c2*15-11-6-10(13(19)12(16)7-11)8-17-18-14(20)9-4-2-1-3-5-9;/h2*1-8H,(H2,17,18,19,20);/q;;+2/p+2. The van der Waals surface area contributed by atoms with Crippen molar-refractivity contribution >= 4 is 88.0 Å². The molecule has 41 heavy (non-hydrogen) atoms. The summed E-state index contributed by atoms with van der Waals surface area (Å²) in [6.07, 6.45) is 2.86. The Balaban J connectivity index is 0.000000280. The van der Waals surface area contributed by atoms with Gasteiger partial charge in [0.1, 0.15) is 8.95 Å².